The maximum absolute atomic E-state index is 11.4. The van der Waals surface area contributed by atoms with Gasteiger partial charge in [-0.25, -0.2) is 9.42 Å². The summed E-state index contributed by atoms with van der Waals surface area (Å²) < 4.78 is 8.65. The van der Waals surface area contributed by atoms with Gasteiger partial charge >= 0.3 is 5.97 Å². The summed E-state index contributed by atoms with van der Waals surface area (Å²) in [6.45, 7) is 1.47. The molecule has 0 saturated heterocycles. The number of methoxy groups -OCH3 is 1. The van der Waals surface area contributed by atoms with Crippen molar-refractivity contribution < 1.29 is 19.0 Å². The summed E-state index contributed by atoms with van der Waals surface area (Å²) in [5, 5.41) is 8.82. The molecule has 0 aliphatic rings. The Morgan fingerprint density at radius 1 is 1.53 bits per heavy atom. The van der Waals surface area contributed by atoms with Crippen LogP contribution in [0.25, 0.3) is 0 Å². The van der Waals surface area contributed by atoms with Crippen LogP contribution in [0.1, 0.15) is 17.4 Å². The van der Waals surface area contributed by atoms with Gasteiger partial charge in [0.15, 0.2) is 0 Å². The van der Waals surface area contributed by atoms with Gasteiger partial charge in [0.2, 0.25) is 11.5 Å². The topological polar surface area (TPSA) is 120 Å². The van der Waals surface area contributed by atoms with Gasteiger partial charge < -0.3 is 15.8 Å². The summed E-state index contributed by atoms with van der Waals surface area (Å²) in [6.07, 6.45) is 0. The SMILES string of the molecule is COC(=O)[C@H](C)NC(=O)c1nonc1N. The number of amides is 1. The predicted octanol–water partition coefficient (Wildman–Crippen LogP) is -1.06. The van der Waals surface area contributed by atoms with Crippen molar-refractivity contribution in [2.75, 3.05) is 12.8 Å². The molecule has 0 aromatic carbocycles. The Kier molecular flexibility index (Phi) is 3.21. The highest BCUT2D eigenvalue weighted by atomic mass is 16.6. The normalized spacial score (nSPS) is 11.9. The second-order valence-electron chi connectivity index (χ2n) is 2.72. The molecule has 0 fully saturated rings. The van der Waals surface area contributed by atoms with Crippen LogP contribution in [0, 0.1) is 0 Å². The smallest absolute Gasteiger partial charge is 0.328 e. The van der Waals surface area contributed by atoms with Crippen molar-refractivity contribution in [3.8, 4) is 0 Å². The number of carbonyl (C=O) groups excluding carboxylic acids is 2. The summed E-state index contributed by atoms with van der Waals surface area (Å²) in [4.78, 5) is 22.4. The molecule has 1 amide bonds. The quantitative estimate of drug-likeness (QED) is 0.615. The van der Waals surface area contributed by atoms with Crippen LogP contribution < -0.4 is 11.1 Å². The average Bonchev–Trinajstić information content (AvgIpc) is 2.63. The molecule has 0 aliphatic heterocycles. The van der Waals surface area contributed by atoms with Gasteiger partial charge in [-0.2, -0.15) is 0 Å². The largest absolute Gasteiger partial charge is 0.467 e. The lowest BCUT2D eigenvalue weighted by Gasteiger charge is -2.09. The lowest BCUT2D eigenvalue weighted by molar-refractivity contribution is -0.142. The van der Waals surface area contributed by atoms with Gasteiger partial charge in [0.25, 0.3) is 5.91 Å². The van der Waals surface area contributed by atoms with E-state index in [4.69, 9.17) is 5.73 Å². The third-order valence-corrected chi connectivity index (χ3v) is 1.63. The number of nitrogen functional groups attached to an aromatic ring is 1. The molecule has 3 N–H and O–H groups in total. The highest BCUT2D eigenvalue weighted by Crippen LogP contribution is 2.03. The van der Waals surface area contributed by atoms with Crippen LogP contribution in [0.5, 0.6) is 0 Å². The lowest BCUT2D eigenvalue weighted by atomic mass is 10.3. The van der Waals surface area contributed by atoms with Crippen molar-refractivity contribution in [1.82, 2.24) is 15.6 Å². The summed E-state index contributed by atoms with van der Waals surface area (Å²) in [5.41, 5.74) is 5.12. The molecule has 0 saturated carbocycles. The van der Waals surface area contributed by atoms with Crippen molar-refractivity contribution in [3.05, 3.63) is 5.69 Å². The van der Waals surface area contributed by atoms with E-state index in [1.807, 2.05) is 0 Å². The molecule has 0 spiro atoms. The highest BCUT2D eigenvalue weighted by Gasteiger charge is 2.21. The molecule has 1 aromatic rings. The molecule has 0 bridgehead atoms. The van der Waals surface area contributed by atoms with E-state index in [9.17, 15) is 9.59 Å². The molecule has 1 rings (SSSR count). The van der Waals surface area contributed by atoms with E-state index in [1.54, 1.807) is 0 Å². The molecule has 0 radical (unpaired) electrons. The summed E-state index contributed by atoms with van der Waals surface area (Å²) >= 11 is 0. The molecule has 0 unspecified atom stereocenters. The van der Waals surface area contributed by atoms with Crippen LogP contribution in [0.3, 0.4) is 0 Å². The Morgan fingerprint density at radius 2 is 2.20 bits per heavy atom. The number of nitrogens with one attached hydrogen (secondary N) is 1. The number of hydrogen-bond acceptors (Lipinski definition) is 7. The van der Waals surface area contributed by atoms with Crippen LogP contribution in [0.4, 0.5) is 5.82 Å². The predicted molar refractivity (Wildman–Crippen MR) is 47.7 cm³/mol. The summed E-state index contributed by atoms with van der Waals surface area (Å²) in [7, 11) is 1.22. The van der Waals surface area contributed by atoms with Gasteiger partial charge in [0.1, 0.15) is 6.04 Å². The fourth-order valence-electron chi connectivity index (χ4n) is 0.854. The monoisotopic (exact) mass is 214 g/mol. The van der Waals surface area contributed by atoms with Crippen molar-refractivity contribution in [2.24, 2.45) is 0 Å². The van der Waals surface area contributed by atoms with Gasteiger partial charge in [0.05, 0.1) is 7.11 Å². The number of carbonyl (C=O) groups is 2. The van der Waals surface area contributed by atoms with Crippen LogP contribution in [0.15, 0.2) is 4.63 Å². The number of esters is 1. The Morgan fingerprint density at radius 3 is 2.67 bits per heavy atom. The minimum atomic E-state index is -0.793. The zero-order valence-electron chi connectivity index (χ0n) is 8.18. The standard InChI is InChI=1S/C7H10N4O4/c1-3(7(13)14-2)9-6(12)4-5(8)11-15-10-4/h3H,1-2H3,(H2,8,11)(H,9,12)/t3-/m0/s1. The second-order valence-corrected chi connectivity index (χ2v) is 2.72. The van der Waals surface area contributed by atoms with E-state index in [2.05, 4.69) is 25.0 Å². The molecule has 82 valence electrons. The van der Waals surface area contributed by atoms with Crippen LogP contribution in [-0.4, -0.2) is 35.3 Å². The number of aromatic nitrogens is 2. The molecule has 8 heteroatoms. The van der Waals surface area contributed by atoms with Crippen molar-refractivity contribution in [2.45, 2.75) is 13.0 Å². The van der Waals surface area contributed by atoms with Gasteiger partial charge in [-0.05, 0) is 17.2 Å². The van der Waals surface area contributed by atoms with Crippen molar-refractivity contribution >= 4 is 17.7 Å². The Hall–Kier alpha value is -2.12. The molecule has 8 nitrogen and oxygen atoms in total. The van der Waals surface area contributed by atoms with E-state index >= 15 is 0 Å². The summed E-state index contributed by atoms with van der Waals surface area (Å²) in [6, 6.07) is -0.793. The molecule has 1 atom stereocenters. The molecule has 0 aliphatic carbocycles. The zero-order valence-corrected chi connectivity index (χ0v) is 8.18. The first-order valence-electron chi connectivity index (χ1n) is 4.03. The number of ether oxygens (including phenoxy) is 1. The Labute approximate surface area is 84.7 Å². The average molecular weight is 214 g/mol. The van der Waals surface area contributed by atoms with Crippen LogP contribution in [0.2, 0.25) is 0 Å². The Balaban J connectivity index is 2.64. The lowest BCUT2D eigenvalue weighted by Crippen LogP contribution is -2.39. The van der Waals surface area contributed by atoms with Crippen molar-refractivity contribution in [1.29, 1.82) is 0 Å². The fourth-order valence-corrected chi connectivity index (χ4v) is 0.854. The summed E-state index contributed by atoms with van der Waals surface area (Å²) in [5.74, 6) is -1.35. The first kappa shape index (κ1) is 11.0. The van der Waals surface area contributed by atoms with Crippen LogP contribution in [-0.2, 0) is 9.53 Å². The zero-order chi connectivity index (χ0) is 11.4. The third-order valence-electron chi connectivity index (χ3n) is 1.63. The number of nitrogens with two attached hydrogens (primary N) is 1. The van der Waals surface area contributed by atoms with Crippen LogP contribution >= 0.6 is 0 Å². The van der Waals surface area contributed by atoms with Gasteiger partial charge in [-0.1, -0.05) is 0 Å². The number of hydrogen-bond donors (Lipinski definition) is 2. The minimum Gasteiger partial charge on any atom is -0.467 e. The highest BCUT2D eigenvalue weighted by molar-refractivity contribution is 5.98. The molecular weight excluding hydrogens is 204 g/mol. The van der Waals surface area contributed by atoms with E-state index in [0.717, 1.165) is 0 Å². The fraction of sp³-hybridized carbons (Fsp3) is 0.429. The van der Waals surface area contributed by atoms with E-state index in [-0.39, 0.29) is 11.5 Å². The molecule has 1 aromatic heterocycles. The number of rotatable bonds is 3. The maximum Gasteiger partial charge on any atom is 0.328 e. The molecular formula is C7H10N4O4. The first-order chi connectivity index (χ1) is 7.06. The van der Waals surface area contributed by atoms with Crippen molar-refractivity contribution in [3.63, 3.8) is 0 Å². The van der Waals surface area contributed by atoms with Gasteiger partial charge in [0, 0.05) is 0 Å². The second kappa shape index (κ2) is 4.40. The molecule has 15 heavy (non-hydrogen) atoms. The first-order valence-corrected chi connectivity index (χ1v) is 4.03. The van der Waals surface area contributed by atoms with Gasteiger partial charge in [-0.15, -0.1) is 0 Å². The minimum absolute atomic E-state index is 0.135. The van der Waals surface area contributed by atoms with E-state index in [0.29, 0.717) is 0 Å². The van der Waals surface area contributed by atoms with E-state index < -0.39 is 17.9 Å². The van der Waals surface area contributed by atoms with E-state index in [1.165, 1.54) is 14.0 Å². The maximum atomic E-state index is 11.4. The Bertz CT molecular complexity index is 375. The number of nitrogens with zero attached hydrogens (tertiary/aromatic N) is 2. The van der Waals surface area contributed by atoms with Gasteiger partial charge in [-0.3, -0.25) is 4.79 Å². The third kappa shape index (κ3) is 2.42. The molecule has 1 heterocycles. The number of anilines is 1.